The molecule has 12 nitrogen and oxygen atoms in total. The number of carbonyl (C=O) groups excluding carboxylic acids is 1. The van der Waals surface area contributed by atoms with Crippen LogP contribution in [0.4, 0.5) is 5.95 Å². The predicted molar refractivity (Wildman–Crippen MR) is 141 cm³/mol. The molecule has 3 heterocycles. The number of aromatic nitrogens is 4. The Morgan fingerprint density at radius 2 is 2.00 bits per heavy atom. The molecule has 2 aliphatic rings. The lowest BCUT2D eigenvalue weighted by Gasteiger charge is -2.30. The van der Waals surface area contributed by atoms with Crippen LogP contribution in [0, 0.1) is 5.92 Å². The first-order valence-corrected chi connectivity index (χ1v) is 14.7. The molecule has 5 rings (SSSR count). The molecule has 1 aromatic carbocycles. The van der Waals surface area contributed by atoms with Crippen LogP contribution in [0.25, 0.3) is 16.7 Å². The second-order valence-corrected chi connectivity index (χ2v) is 11.7. The van der Waals surface area contributed by atoms with E-state index >= 15 is 0 Å². The van der Waals surface area contributed by atoms with Crippen LogP contribution in [0.15, 0.2) is 36.7 Å². The molecule has 38 heavy (non-hydrogen) atoms. The van der Waals surface area contributed by atoms with E-state index in [2.05, 4.69) is 20.4 Å². The summed E-state index contributed by atoms with van der Waals surface area (Å²) in [6.45, 7) is 1.31. The van der Waals surface area contributed by atoms with Crippen molar-refractivity contribution >= 4 is 32.8 Å². The largest absolute Gasteiger partial charge is 0.493 e. The van der Waals surface area contributed by atoms with Crippen molar-refractivity contribution in [3.63, 3.8) is 0 Å². The minimum Gasteiger partial charge on any atom is -0.493 e. The Labute approximate surface area is 221 Å². The normalized spacial score (nSPS) is 22.1. The first-order chi connectivity index (χ1) is 18.3. The number of hydrogen-bond donors (Lipinski definition) is 3. The van der Waals surface area contributed by atoms with Crippen LogP contribution in [0.2, 0.25) is 0 Å². The van der Waals surface area contributed by atoms with Gasteiger partial charge in [-0.15, -0.1) is 0 Å². The van der Waals surface area contributed by atoms with E-state index in [0.717, 1.165) is 36.6 Å². The van der Waals surface area contributed by atoms with E-state index in [1.54, 1.807) is 28.0 Å². The zero-order valence-electron chi connectivity index (χ0n) is 21.1. The molecule has 1 aliphatic heterocycles. The van der Waals surface area contributed by atoms with Gasteiger partial charge in [0.1, 0.15) is 5.75 Å². The highest BCUT2D eigenvalue weighted by atomic mass is 32.2. The second-order valence-electron chi connectivity index (χ2n) is 9.97. The topological polar surface area (TPSA) is 166 Å². The molecular formula is C25H33N7O5S. The number of nitrogens with one attached hydrogen (secondary N) is 1. The SMILES string of the molecule is NS(=O)(=O)CCCOc1cccc2c1cnn2-c1ccnc(N[C@H]2CC[C@H](C(=O)N3CC[C@@H](O)C3)CC2)n1. The minimum absolute atomic E-state index is 0.0113. The van der Waals surface area contributed by atoms with Crippen LogP contribution in [-0.4, -0.2) is 81.7 Å². The summed E-state index contributed by atoms with van der Waals surface area (Å²) in [5.41, 5.74) is 0.796. The monoisotopic (exact) mass is 543 g/mol. The Hall–Kier alpha value is -3.29. The Morgan fingerprint density at radius 1 is 1.18 bits per heavy atom. The molecule has 0 bridgehead atoms. The summed E-state index contributed by atoms with van der Waals surface area (Å²) >= 11 is 0. The zero-order valence-corrected chi connectivity index (χ0v) is 21.9. The lowest BCUT2D eigenvalue weighted by atomic mass is 9.85. The van der Waals surface area contributed by atoms with E-state index < -0.39 is 16.1 Å². The number of hydrogen-bond acceptors (Lipinski definition) is 9. The van der Waals surface area contributed by atoms with Gasteiger partial charge in [-0.05, 0) is 50.7 Å². The summed E-state index contributed by atoms with van der Waals surface area (Å²) in [7, 11) is -3.52. The zero-order chi connectivity index (χ0) is 26.7. The number of nitrogens with two attached hydrogens (primary N) is 1. The molecule has 1 saturated heterocycles. The van der Waals surface area contributed by atoms with Gasteiger partial charge in [0.25, 0.3) is 0 Å². The second kappa shape index (κ2) is 11.2. The van der Waals surface area contributed by atoms with E-state index in [4.69, 9.17) is 9.88 Å². The molecular weight excluding hydrogens is 510 g/mol. The first kappa shape index (κ1) is 26.3. The van der Waals surface area contributed by atoms with Crippen LogP contribution >= 0.6 is 0 Å². The Morgan fingerprint density at radius 3 is 2.74 bits per heavy atom. The van der Waals surface area contributed by atoms with Crippen LogP contribution in [0.5, 0.6) is 5.75 Å². The number of benzene rings is 1. The number of primary sulfonamides is 1. The number of rotatable bonds is 9. The van der Waals surface area contributed by atoms with Crippen molar-refractivity contribution in [2.24, 2.45) is 11.1 Å². The van der Waals surface area contributed by atoms with Crippen molar-refractivity contribution in [1.82, 2.24) is 24.6 Å². The van der Waals surface area contributed by atoms with Gasteiger partial charge in [0.05, 0.1) is 35.6 Å². The maximum absolute atomic E-state index is 12.8. The lowest BCUT2D eigenvalue weighted by molar-refractivity contribution is -0.135. The molecule has 4 N–H and O–H groups in total. The number of sulfonamides is 1. The van der Waals surface area contributed by atoms with Crippen LogP contribution in [0.1, 0.15) is 38.5 Å². The van der Waals surface area contributed by atoms with Crippen LogP contribution in [0.3, 0.4) is 0 Å². The molecule has 0 unspecified atom stereocenters. The molecule has 1 amide bonds. The van der Waals surface area contributed by atoms with Gasteiger partial charge in [-0.1, -0.05) is 6.07 Å². The number of fused-ring (bicyclic) bond motifs is 1. The van der Waals surface area contributed by atoms with E-state index in [0.29, 0.717) is 43.4 Å². The highest BCUT2D eigenvalue weighted by Crippen LogP contribution is 2.30. The molecule has 3 aromatic rings. The van der Waals surface area contributed by atoms with Gasteiger partial charge in [-0.3, -0.25) is 4.79 Å². The highest BCUT2D eigenvalue weighted by Gasteiger charge is 2.33. The molecule has 0 spiro atoms. The van der Waals surface area contributed by atoms with Crippen LogP contribution < -0.4 is 15.2 Å². The number of aliphatic hydroxyl groups excluding tert-OH is 1. The summed E-state index contributed by atoms with van der Waals surface area (Å²) in [4.78, 5) is 23.6. The third-order valence-corrected chi connectivity index (χ3v) is 8.00. The van der Waals surface area contributed by atoms with Crippen molar-refractivity contribution in [3.8, 4) is 11.6 Å². The number of likely N-dealkylation sites (tertiary alicyclic amines) is 1. The fraction of sp³-hybridized carbons (Fsp3) is 0.520. The minimum atomic E-state index is -3.52. The Kier molecular flexibility index (Phi) is 7.77. The molecule has 204 valence electrons. The molecule has 13 heteroatoms. The number of nitrogens with zero attached hydrogens (tertiary/aromatic N) is 5. The van der Waals surface area contributed by atoms with Gasteiger partial charge in [0, 0.05) is 37.3 Å². The van der Waals surface area contributed by atoms with Crippen molar-refractivity contribution < 1.29 is 23.1 Å². The average Bonchev–Trinajstić information content (AvgIpc) is 3.53. The van der Waals surface area contributed by atoms with Gasteiger partial charge < -0.3 is 20.1 Å². The average molecular weight is 544 g/mol. The number of carbonyl (C=O) groups is 1. The summed E-state index contributed by atoms with van der Waals surface area (Å²) in [5.74, 6) is 1.73. The van der Waals surface area contributed by atoms with Crippen molar-refractivity contribution in [3.05, 3.63) is 36.7 Å². The number of β-amino-alcohol motifs (C(OH)–C–C–N with tert-alkyl or cyclic N) is 1. The van der Waals surface area contributed by atoms with Gasteiger partial charge in [-0.2, -0.15) is 10.1 Å². The van der Waals surface area contributed by atoms with Crippen molar-refractivity contribution in [2.45, 2.75) is 50.7 Å². The van der Waals surface area contributed by atoms with Gasteiger partial charge >= 0.3 is 0 Å². The fourth-order valence-electron chi connectivity index (χ4n) is 5.18. The fourth-order valence-corrected chi connectivity index (χ4v) is 5.70. The maximum atomic E-state index is 12.8. The summed E-state index contributed by atoms with van der Waals surface area (Å²) < 4.78 is 29.8. The van der Waals surface area contributed by atoms with E-state index in [9.17, 15) is 18.3 Å². The molecule has 1 atom stereocenters. The third-order valence-electron chi connectivity index (χ3n) is 7.15. The number of anilines is 1. The summed E-state index contributed by atoms with van der Waals surface area (Å²) in [5, 5.41) is 23.5. The van der Waals surface area contributed by atoms with E-state index in [1.807, 2.05) is 18.2 Å². The third kappa shape index (κ3) is 6.22. The van der Waals surface area contributed by atoms with E-state index in [1.165, 1.54) is 0 Å². The number of amides is 1. The molecule has 1 aliphatic carbocycles. The summed E-state index contributed by atoms with van der Waals surface area (Å²) in [6, 6.07) is 7.51. The highest BCUT2D eigenvalue weighted by molar-refractivity contribution is 7.89. The van der Waals surface area contributed by atoms with Gasteiger partial charge in [0.2, 0.25) is 21.9 Å². The number of ether oxygens (including phenoxy) is 1. The molecule has 0 radical (unpaired) electrons. The predicted octanol–water partition coefficient (Wildman–Crippen LogP) is 1.44. The Bertz CT molecular complexity index is 1390. The number of aliphatic hydroxyl groups is 1. The van der Waals surface area contributed by atoms with Crippen molar-refractivity contribution in [2.75, 3.05) is 30.8 Å². The standard InChI is InChI=1S/C25H33N7O5S/c26-38(35,36)14-2-13-37-22-4-1-3-21-20(22)15-28-32(21)23-9-11-27-25(30-23)29-18-7-5-17(6-8-18)24(34)31-12-10-19(33)16-31/h1,3-4,9,11,15,17-19,33H,2,5-8,10,12-14,16H2,(H2,26,35,36)(H,27,29,30)/t17-,18-,19-/m1/s1. The Balaban J connectivity index is 1.21. The van der Waals surface area contributed by atoms with Crippen molar-refractivity contribution in [1.29, 1.82) is 0 Å². The molecule has 2 fully saturated rings. The van der Waals surface area contributed by atoms with Crippen LogP contribution in [-0.2, 0) is 14.8 Å². The maximum Gasteiger partial charge on any atom is 0.225 e. The summed E-state index contributed by atoms with van der Waals surface area (Å²) in [6.07, 6.45) is 7.22. The quantitative estimate of drug-likeness (QED) is 0.339. The molecule has 1 saturated carbocycles. The molecule has 2 aromatic heterocycles. The van der Waals surface area contributed by atoms with Gasteiger partial charge in [0.15, 0.2) is 5.82 Å². The van der Waals surface area contributed by atoms with Gasteiger partial charge in [-0.25, -0.2) is 23.2 Å². The first-order valence-electron chi connectivity index (χ1n) is 12.9. The van der Waals surface area contributed by atoms with E-state index in [-0.39, 0.29) is 30.2 Å². The smallest absolute Gasteiger partial charge is 0.225 e. The lowest BCUT2D eigenvalue weighted by Crippen LogP contribution is -2.38.